The summed E-state index contributed by atoms with van der Waals surface area (Å²) in [6, 6.07) is 7.12. The van der Waals surface area contributed by atoms with E-state index in [1.165, 1.54) is 21.6 Å². The van der Waals surface area contributed by atoms with Gasteiger partial charge in [0.25, 0.3) is 5.91 Å². The predicted molar refractivity (Wildman–Crippen MR) is 85.4 cm³/mol. The van der Waals surface area contributed by atoms with E-state index in [-0.39, 0.29) is 12.3 Å². The first-order chi connectivity index (χ1) is 10.1. The molecule has 2 N–H and O–H groups in total. The number of hydrogen-bond acceptors (Lipinski definition) is 5. The number of rotatable bonds is 8. The highest BCUT2D eigenvalue weighted by molar-refractivity contribution is 8.76. The van der Waals surface area contributed by atoms with Crippen LogP contribution >= 0.6 is 21.6 Å². The second-order valence-electron chi connectivity index (χ2n) is 4.13. The van der Waals surface area contributed by atoms with Crippen LogP contribution in [0.25, 0.3) is 0 Å². The fourth-order valence-electron chi connectivity index (χ4n) is 1.55. The van der Waals surface area contributed by atoms with E-state index in [0.717, 1.165) is 0 Å². The lowest BCUT2D eigenvalue weighted by molar-refractivity contribution is -0.136. The molecule has 1 amide bonds. The number of carboxylic acid groups (broad SMARTS) is 1. The van der Waals surface area contributed by atoms with Gasteiger partial charge in [-0.05, 0) is 24.6 Å². The van der Waals surface area contributed by atoms with Gasteiger partial charge in [0.15, 0.2) is 0 Å². The summed E-state index contributed by atoms with van der Waals surface area (Å²) in [5.74, 6) is 0.259. The molecule has 0 atom stereocenters. The maximum absolute atomic E-state index is 12.0. The molecule has 0 saturated carbocycles. The summed E-state index contributed by atoms with van der Waals surface area (Å²) in [6.45, 7) is 2.25. The Kier molecular flexibility index (Phi) is 7.72. The van der Waals surface area contributed by atoms with E-state index < -0.39 is 5.97 Å². The highest BCUT2D eigenvalue weighted by atomic mass is 33.1. The summed E-state index contributed by atoms with van der Waals surface area (Å²) in [5, 5.41) is 20.2. The van der Waals surface area contributed by atoms with Gasteiger partial charge in [-0.3, -0.25) is 9.59 Å². The van der Waals surface area contributed by atoms with E-state index in [2.05, 4.69) is 11.4 Å². The molecule has 0 unspecified atom stereocenters. The van der Waals surface area contributed by atoms with Crippen LogP contribution < -0.4 is 5.32 Å². The molecule has 1 rings (SSSR count). The van der Waals surface area contributed by atoms with Gasteiger partial charge < -0.3 is 10.4 Å². The van der Waals surface area contributed by atoms with Crippen LogP contribution in [0.5, 0.6) is 0 Å². The van der Waals surface area contributed by atoms with Crippen molar-refractivity contribution in [3.05, 3.63) is 34.9 Å². The molecule has 0 aromatic heterocycles. The van der Waals surface area contributed by atoms with Gasteiger partial charge >= 0.3 is 5.97 Å². The molecule has 1 aromatic carbocycles. The summed E-state index contributed by atoms with van der Waals surface area (Å²) >= 11 is 0. The molecular formula is C14H16N2O3S2. The van der Waals surface area contributed by atoms with Crippen molar-refractivity contribution >= 4 is 33.5 Å². The molecule has 112 valence electrons. The Hall–Kier alpha value is -1.65. The van der Waals surface area contributed by atoms with Crippen LogP contribution in [0.4, 0.5) is 0 Å². The average Bonchev–Trinajstić information content (AvgIpc) is 2.46. The number of hydrogen-bond donors (Lipinski definition) is 2. The zero-order chi connectivity index (χ0) is 15.7. The number of nitriles is 1. The lowest BCUT2D eigenvalue weighted by atomic mass is 10.0. The Morgan fingerprint density at radius 2 is 2.05 bits per heavy atom. The Bertz CT molecular complexity index is 556. The Labute approximate surface area is 131 Å². The largest absolute Gasteiger partial charge is 0.481 e. The van der Waals surface area contributed by atoms with Gasteiger partial charge in [-0.1, -0.05) is 27.7 Å². The van der Waals surface area contributed by atoms with Crippen molar-refractivity contribution in [2.24, 2.45) is 0 Å². The van der Waals surface area contributed by atoms with E-state index >= 15 is 0 Å². The minimum absolute atomic E-state index is 0.143. The molecule has 0 radical (unpaired) electrons. The summed E-state index contributed by atoms with van der Waals surface area (Å²) in [7, 11) is 3.01. The van der Waals surface area contributed by atoms with Crippen molar-refractivity contribution in [1.29, 1.82) is 5.26 Å². The third kappa shape index (κ3) is 6.10. The Balaban J connectivity index is 2.32. The normalized spacial score (nSPS) is 9.90. The van der Waals surface area contributed by atoms with Crippen molar-refractivity contribution in [3.8, 4) is 6.07 Å². The molecular weight excluding hydrogens is 308 g/mol. The quantitative estimate of drug-likeness (QED) is 0.564. The molecule has 1 aromatic rings. The van der Waals surface area contributed by atoms with E-state index in [0.29, 0.717) is 34.7 Å². The number of carboxylic acids is 1. The van der Waals surface area contributed by atoms with Gasteiger partial charge in [-0.15, -0.1) is 0 Å². The lowest BCUT2D eigenvalue weighted by Gasteiger charge is -2.08. The van der Waals surface area contributed by atoms with Crippen LogP contribution in [0.15, 0.2) is 18.2 Å². The summed E-state index contributed by atoms with van der Waals surface area (Å²) < 4.78 is 0. The second kappa shape index (κ2) is 9.32. The number of aliphatic carboxylic acids is 1. The van der Waals surface area contributed by atoms with Crippen LogP contribution in [0, 0.1) is 18.3 Å². The molecule has 0 bridgehead atoms. The molecule has 5 nitrogen and oxygen atoms in total. The smallest absolute Gasteiger partial charge is 0.304 e. The minimum Gasteiger partial charge on any atom is -0.481 e. The van der Waals surface area contributed by atoms with Crippen LogP contribution in [-0.2, 0) is 4.79 Å². The maximum atomic E-state index is 12.0. The summed E-state index contributed by atoms with van der Waals surface area (Å²) in [4.78, 5) is 22.3. The highest BCUT2D eigenvalue weighted by Crippen LogP contribution is 2.21. The molecule has 0 heterocycles. The standard InChI is InChI=1S/C14H16N2O3S2/c1-10-11(9-15)3-2-4-12(10)14(19)16-6-8-21-20-7-5-13(17)18/h2-4H,5-8H2,1H3,(H,16,19)(H,17,18). The van der Waals surface area contributed by atoms with Gasteiger partial charge in [0.05, 0.1) is 18.1 Å². The summed E-state index contributed by atoms with van der Waals surface area (Å²) in [6.07, 6.45) is 0.143. The Morgan fingerprint density at radius 1 is 1.33 bits per heavy atom. The third-order valence-corrected chi connectivity index (χ3v) is 5.06. The number of amides is 1. The monoisotopic (exact) mass is 324 g/mol. The number of benzene rings is 1. The highest BCUT2D eigenvalue weighted by Gasteiger charge is 2.10. The molecule has 7 heteroatoms. The van der Waals surface area contributed by atoms with Gasteiger partial charge in [0, 0.05) is 23.6 Å². The van der Waals surface area contributed by atoms with Gasteiger partial charge in [-0.2, -0.15) is 5.26 Å². The third-order valence-electron chi connectivity index (χ3n) is 2.65. The number of nitrogens with zero attached hydrogens (tertiary/aromatic N) is 1. The Morgan fingerprint density at radius 3 is 2.71 bits per heavy atom. The maximum Gasteiger partial charge on any atom is 0.304 e. The van der Waals surface area contributed by atoms with Gasteiger partial charge in [0.2, 0.25) is 0 Å². The van der Waals surface area contributed by atoms with Gasteiger partial charge in [0.1, 0.15) is 0 Å². The lowest BCUT2D eigenvalue weighted by Crippen LogP contribution is -2.26. The van der Waals surface area contributed by atoms with Crippen molar-refractivity contribution in [2.45, 2.75) is 13.3 Å². The fraction of sp³-hybridized carbons (Fsp3) is 0.357. The van der Waals surface area contributed by atoms with E-state index in [1.807, 2.05) is 0 Å². The van der Waals surface area contributed by atoms with E-state index in [1.54, 1.807) is 25.1 Å². The first-order valence-corrected chi connectivity index (χ1v) is 8.79. The van der Waals surface area contributed by atoms with Crippen molar-refractivity contribution in [3.63, 3.8) is 0 Å². The average molecular weight is 324 g/mol. The predicted octanol–water partition coefficient (Wildman–Crippen LogP) is 2.45. The molecule has 0 fully saturated rings. The number of carbonyl (C=O) groups excluding carboxylic acids is 1. The first-order valence-electron chi connectivity index (χ1n) is 6.30. The number of carbonyl (C=O) groups is 2. The molecule has 0 aliphatic heterocycles. The molecule has 0 saturated heterocycles. The van der Waals surface area contributed by atoms with Crippen LogP contribution in [0.3, 0.4) is 0 Å². The zero-order valence-electron chi connectivity index (χ0n) is 11.6. The topological polar surface area (TPSA) is 90.2 Å². The molecule has 0 aliphatic rings. The number of nitrogens with one attached hydrogen (secondary N) is 1. The fourth-order valence-corrected chi connectivity index (χ4v) is 3.44. The van der Waals surface area contributed by atoms with Crippen molar-refractivity contribution in [2.75, 3.05) is 18.1 Å². The van der Waals surface area contributed by atoms with Gasteiger partial charge in [-0.25, -0.2) is 0 Å². The summed E-state index contributed by atoms with van der Waals surface area (Å²) in [5.41, 5.74) is 1.69. The van der Waals surface area contributed by atoms with Crippen molar-refractivity contribution < 1.29 is 14.7 Å². The SMILES string of the molecule is Cc1c(C#N)cccc1C(=O)NCCSSCCC(=O)O. The van der Waals surface area contributed by atoms with Crippen LogP contribution in [0.2, 0.25) is 0 Å². The van der Waals surface area contributed by atoms with Crippen molar-refractivity contribution in [1.82, 2.24) is 5.32 Å². The van der Waals surface area contributed by atoms with E-state index in [9.17, 15) is 9.59 Å². The van der Waals surface area contributed by atoms with E-state index in [4.69, 9.17) is 10.4 Å². The second-order valence-corrected chi connectivity index (χ2v) is 6.84. The zero-order valence-corrected chi connectivity index (χ0v) is 13.2. The van der Waals surface area contributed by atoms with Crippen LogP contribution in [-0.4, -0.2) is 35.0 Å². The molecule has 21 heavy (non-hydrogen) atoms. The molecule has 0 spiro atoms. The first kappa shape index (κ1) is 17.4. The minimum atomic E-state index is -0.802. The van der Waals surface area contributed by atoms with Crippen LogP contribution in [0.1, 0.15) is 27.9 Å². The molecule has 0 aliphatic carbocycles.